The maximum Gasteiger partial charge on any atom is 0.133 e. The molecule has 0 radical (unpaired) electrons. The summed E-state index contributed by atoms with van der Waals surface area (Å²) in [6.07, 6.45) is 11.0. The quantitative estimate of drug-likeness (QED) is 0.656. The van der Waals surface area contributed by atoms with Gasteiger partial charge in [0.15, 0.2) is 0 Å². The predicted octanol–water partition coefficient (Wildman–Crippen LogP) is 4.72. The lowest BCUT2D eigenvalue weighted by atomic mass is 9.49. The summed E-state index contributed by atoms with van der Waals surface area (Å²) in [5.74, 6) is 3.07. The van der Waals surface area contributed by atoms with E-state index < -0.39 is 0 Å². The number of carbonyl (C=O) groups is 2. The lowest BCUT2D eigenvalue weighted by Crippen LogP contribution is -2.48. The van der Waals surface area contributed by atoms with Crippen molar-refractivity contribution >= 4 is 11.6 Å². The molecule has 2 nitrogen and oxygen atoms in total. The zero-order valence-corrected chi connectivity index (χ0v) is 14.9. The van der Waals surface area contributed by atoms with E-state index in [-0.39, 0.29) is 16.7 Å². The summed E-state index contributed by atoms with van der Waals surface area (Å²) in [6, 6.07) is 0. The standard InChI is InChI=1S/C21H30O2/c1-13(22)17-6-7-18-16-5-4-14-12-15(23)8-10-20(14,2)19(16)9-11-21(17,18)3/h9,14,16-18H,4-8,10-12H2,1-3H3/t14?,16-,17+,18-,20-,21+/m0/s1. The molecule has 0 aromatic rings. The Balaban J connectivity index is 1.70. The van der Waals surface area contributed by atoms with Crippen LogP contribution in [0.2, 0.25) is 0 Å². The van der Waals surface area contributed by atoms with Crippen molar-refractivity contribution in [1.82, 2.24) is 0 Å². The molecular formula is C21H30O2. The van der Waals surface area contributed by atoms with E-state index in [1.807, 2.05) is 0 Å². The van der Waals surface area contributed by atoms with E-state index in [2.05, 4.69) is 19.9 Å². The summed E-state index contributed by atoms with van der Waals surface area (Å²) in [4.78, 5) is 24.0. The van der Waals surface area contributed by atoms with Gasteiger partial charge in [-0.25, -0.2) is 0 Å². The van der Waals surface area contributed by atoms with Crippen molar-refractivity contribution in [3.8, 4) is 0 Å². The van der Waals surface area contributed by atoms with Gasteiger partial charge in [0.05, 0.1) is 0 Å². The Kier molecular flexibility index (Phi) is 3.42. The smallest absolute Gasteiger partial charge is 0.133 e. The van der Waals surface area contributed by atoms with Crippen LogP contribution >= 0.6 is 0 Å². The third-order valence-electron chi connectivity index (χ3n) is 8.33. The highest BCUT2D eigenvalue weighted by atomic mass is 16.1. The summed E-state index contributed by atoms with van der Waals surface area (Å²) < 4.78 is 0. The second-order valence-electron chi connectivity index (χ2n) is 9.26. The van der Waals surface area contributed by atoms with Gasteiger partial charge in [0.1, 0.15) is 11.6 Å². The minimum Gasteiger partial charge on any atom is -0.300 e. The molecule has 0 saturated heterocycles. The molecular weight excluding hydrogens is 284 g/mol. The molecule has 1 unspecified atom stereocenters. The first-order valence-electron chi connectivity index (χ1n) is 9.59. The van der Waals surface area contributed by atoms with Gasteiger partial charge in [0.2, 0.25) is 0 Å². The Labute approximate surface area is 140 Å². The van der Waals surface area contributed by atoms with Crippen molar-refractivity contribution in [2.45, 2.75) is 72.1 Å². The number of allylic oxidation sites excluding steroid dienone is 2. The van der Waals surface area contributed by atoms with Crippen LogP contribution in [0.5, 0.6) is 0 Å². The molecule has 3 saturated carbocycles. The maximum atomic E-state index is 12.1. The van der Waals surface area contributed by atoms with Crippen molar-refractivity contribution in [2.75, 3.05) is 0 Å². The number of rotatable bonds is 1. The van der Waals surface area contributed by atoms with Gasteiger partial charge in [0, 0.05) is 18.8 Å². The molecule has 0 amide bonds. The topological polar surface area (TPSA) is 34.1 Å². The van der Waals surface area contributed by atoms with Crippen LogP contribution in [0.3, 0.4) is 0 Å². The van der Waals surface area contributed by atoms with Crippen LogP contribution in [0.25, 0.3) is 0 Å². The van der Waals surface area contributed by atoms with Crippen molar-refractivity contribution in [1.29, 1.82) is 0 Å². The first-order valence-corrected chi connectivity index (χ1v) is 9.59. The number of hydrogen-bond donors (Lipinski definition) is 0. The largest absolute Gasteiger partial charge is 0.300 e. The molecule has 0 aromatic heterocycles. The van der Waals surface area contributed by atoms with Gasteiger partial charge in [-0.3, -0.25) is 9.59 Å². The van der Waals surface area contributed by atoms with Crippen LogP contribution in [0, 0.1) is 34.5 Å². The van der Waals surface area contributed by atoms with E-state index in [1.54, 1.807) is 12.5 Å². The van der Waals surface area contributed by atoms with Crippen LogP contribution in [0.15, 0.2) is 11.6 Å². The van der Waals surface area contributed by atoms with Gasteiger partial charge in [-0.05, 0) is 74.0 Å². The Hall–Kier alpha value is -0.920. The van der Waals surface area contributed by atoms with Gasteiger partial charge in [-0.15, -0.1) is 0 Å². The number of hydrogen-bond acceptors (Lipinski definition) is 2. The van der Waals surface area contributed by atoms with Crippen molar-refractivity contribution < 1.29 is 9.59 Å². The summed E-state index contributed by atoms with van der Waals surface area (Å²) >= 11 is 0. The molecule has 3 fully saturated rings. The molecule has 2 heteroatoms. The fourth-order valence-electron chi connectivity index (χ4n) is 6.98. The molecule has 0 aromatic carbocycles. The van der Waals surface area contributed by atoms with Crippen molar-refractivity contribution in [3.63, 3.8) is 0 Å². The minimum atomic E-state index is 0.188. The molecule has 23 heavy (non-hydrogen) atoms. The fraction of sp³-hybridized carbons (Fsp3) is 0.810. The maximum absolute atomic E-state index is 12.1. The molecule has 0 heterocycles. The monoisotopic (exact) mass is 314 g/mol. The third kappa shape index (κ3) is 2.06. The van der Waals surface area contributed by atoms with Gasteiger partial charge < -0.3 is 0 Å². The highest BCUT2D eigenvalue weighted by Gasteiger charge is 2.57. The van der Waals surface area contributed by atoms with Gasteiger partial charge >= 0.3 is 0 Å². The van der Waals surface area contributed by atoms with E-state index in [1.165, 1.54) is 19.3 Å². The van der Waals surface area contributed by atoms with Crippen molar-refractivity contribution in [3.05, 3.63) is 11.6 Å². The Morgan fingerprint density at radius 3 is 2.70 bits per heavy atom. The summed E-state index contributed by atoms with van der Waals surface area (Å²) in [6.45, 7) is 6.60. The zero-order chi connectivity index (χ0) is 16.4. The van der Waals surface area contributed by atoms with Crippen LogP contribution in [0.4, 0.5) is 0 Å². The zero-order valence-electron chi connectivity index (χ0n) is 14.9. The predicted molar refractivity (Wildman–Crippen MR) is 90.9 cm³/mol. The molecule has 126 valence electrons. The molecule has 4 rings (SSSR count). The number of ketones is 2. The highest BCUT2D eigenvalue weighted by molar-refractivity contribution is 5.80. The normalized spacial score (nSPS) is 49.0. The van der Waals surface area contributed by atoms with E-state index in [0.717, 1.165) is 32.1 Å². The SMILES string of the molecule is CC(=O)[C@H]1CC[C@H]2[C@@H]3CCC4CC(=O)CC[C@]4(C)C3=CC[C@]12C. The van der Waals surface area contributed by atoms with E-state index >= 15 is 0 Å². The van der Waals surface area contributed by atoms with Gasteiger partial charge in [0.25, 0.3) is 0 Å². The fourth-order valence-corrected chi connectivity index (χ4v) is 6.98. The number of carbonyl (C=O) groups excluding carboxylic acids is 2. The van der Waals surface area contributed by atoms with Crippen molar-refractivity contribution in [2.24, 2.45) is 34.5 Å². The van der Waals surface area contributed by atoms with Crippen LogP contribution in [-0.2, 0) is 9.59 Å². The summed E-state index contributed by atoms with van der Waals surface area (Å²) in [5.41, 5.74) is 2.12. The molecule has 0 bridgehead atoms. The number of Topliss-reactive ketones (excluding diaryl/α,β-unsaturated/α-hetero) is 2. The average Bonchev–Trinajstić information content (AvgIpc) is 2.85. The van der Waals surface area contributed by atoms with Crippen LogP contribution in [-0.4, -0.2) is 11.6 Å². The van der Waals surface area contributed by atoms with Crippen LogP contribution < -0.4 is 0 Å². The lowest BCUT2D eigenvalue weighted by molar-refractivity contribution is -0.127. The summed E-state index contributed by atoms with van der Waals surface area (Å²) in [5, 5.41) is 0. The molecule has 0 N–H and O–H groups in total. The second kappa shape index (κ2) is 5.04. The Morgan fingerprint density at radius 1 is 1.17 bits per heavy atom. The molecule has 4 aliphatic carbocycles. The highest BCUT2D eigenvalue weighted by Crippen LogP contribution is 2.65. The first kappa shape index (κ1) is 15.6. The minimum absolute atomic E-state index is 0.188. The average molecular weight is 314 g/mol. The molecule has 0 aliphatic heterocycles. The second-order valence-corrected chi connectivity index (χ2v) is 9.26. The Bertz CT molecular complexity index is 589. The van der Waals surface area contributed by atoms with Gasteiger partial charge in [-0.2, -0.15) is 0 Å². The third-order valence-corrected chi connectivity index (χ3v) is 8.33. The molecule has 6 atom stereocenters. The van der Waals surface area contributed by atoms with E-state index in [4.69, 9.17) is 0 Å². The molecule has 0 spiro atoms. The van der Waals surface area contributed by atoms with Crippen LogP contribution in [0.1, 0.15) is 72.1 Å². The molecule has 4 aliphatic rings. The Morgan fingerprint density at radius 2 is 1.96 bits per heavy atom. The first-order chi connectivity index (χ1) is 10.9. The van der Waals surface area contributed by atoms with Gasteiger partial charge in [-0.1, -0.05) is 25.5 Å². The van der Waals surface area contributed by atoms with E-state index in [0.29, 0.717) is 29.3 Å². The summed E-state index contributed by atoms with van der Waals surface area (Å²) in [7, 11) is 0. The number of fused-ring (bicyclic) bond motifs is 5. The lowest BCUT2D eigenvalue weighted by Gasteiger charge is -2.55. The van der Waals surface area contributed by atoms with E-state index in [9.17, 15) is 9.59 Å².